The number of carbonyl (C=O) groups is 1. The zero-order valence-electron chi connectivity index (χ0n) is 10.4. The van der Waals surface area contributed by atoms with Crippen LogP contribution in [0.2, 0.25) is 0 Å². The summed E-state index contributed by atoms with van der Waals surface area (Å²) in [6.45, 7) is -1.61. The van der Waals surface area contributed by atoms with Crippen molar-refractivity contribution in [1.29, 1.82) is 0 Å². The molecule has 0 aromatic heterocycles. The molecule has 1 aliphatic heterocycles. The van der Waals surface area contributed by atoms with Gasteiger partial charge >= 0.3 is 13.1 Å². The van der Waals surface area contributed by atoms with Gasteiger partial charge in [0.2, 0.25) is 6.79 Å². The Morgan fingerprint density at radius 3 is 2.70 bits per heavy atom. The standard InChI is InChI=1S/C11H12BFO7/c13-3-4-17-7-1-2-8(18-5-12(15)16)10-9(7)11(14)20-6-19-10/h1-2,15-16H,3-6H2. The molecule has 0 fully saturated rings. The summed E-state index contributed by atoms with van der Waals surface area (Å²) in [5.41, 5.74) is -0.0189. The second-order valence-electron chi connectivity index (χ2n) is 3.79. The lowest BCUT2D eigenvalue weighted by Gasteiger charge is -2.22. The van der Waals surface area contributed by atoms with Crippen LogP contribution in [-0.2, 0) is 4.74 Å². The Morgan fingerprint density at radius 2 is 2.00 bits per heavy atom. The Labute approximate surface area is 114 Å². The predicted octanol–water partition coefficient (Wildman–Crippen LogP) is -0.0676. The summed E-state index contributed by atoms with van der Waals surface area (Å²) < 4.78 is 32.2. The second-order valence-corrected chi connectivity index (χ2v) is 3.79. The first kappa shape index (κ1) is 14.4. The van der Waals surface area contributed by atoms with E-state index in [1.807, 2.05) is 0 Å². The number of cyclic esters (lactones) is 1. The molecule has 0 atom stereocenters. The van der Waals surface area contributed by atoms with Crippen LogP contribution in [0.25, 0.3) is 0 Å². The zero-order chi connectivity index (χ0) is 14.5. The normalized spacial score (nSPS) is 13.1. The number of alkyl halides is 1. The molecule has 0 spiro atoms. The van der Waals surface area contributed by atoms with E-state index in [0.717, 1.165) is 0 Å². The minimum Gasteiger partial charge on any atom is -0.492 e. The molecule has 1 aromatic carbocycles. The maximum Gasteiger partial charge on any atom is 0.491 e. The molecule has 2 rings (SSSR count). The van der Waals surface area contributed by atoms with Gasteiger partial charge in [-0.1, -0.05) is 0 Å². The summed E-state index contributed by atoms with van der Waals surface area (Å²) in [7, 11) is -1.66. The van der Waals surface area contributed by atoms with Crippen LogP contribution in [0.1, 0.15) is 10.4 Å². The highest BCUT2D eigenvalue weighted by atomic mass is 19.1. The van der Waals surface area contributed by atoms with E-state index in [1.165, 1.54) is 12.1 Å². The average Bonchev–Trinajstić information content (AvgIpc) is 2.43. The summed E-state index contributed by atoms with van der Waals surface area (Å²) in [4.78, 5) is 11.7. The fraction of sp³-hybridized carbons (Fsp3) is 0.364. The van der Waals surface area contributed by atoms with Crippen LogP contribution in [0.5, 0.6) is 17.2 Å². The SMILES string of the molecule is O=C1OCOc2c(OCB(O)O)ccc(OCCF)c21. The van der Waals surface area contributed by atoms with Gasteiger partial charge in [0.05, 0.1) is 0 Å². The van der Waals surface area contributed by atoms with Gasteiger partial charge < -0.3 is 29.0 Å². The van der Waals surface area contributed by atoms with E-state index < -0.39 is 26.3 Å². The molecule has 1 heterocycles. The van der Waals surface area contributed by atoms with Crippen LogP contribution in [0.15, 0.2) is 12.1 Å². The molecule has 2 N–H and O–H groups in total. The van der Waals surface area contributed by atoms with E-state index >= 15 is 0 Å². The van der Waals surface area contributed by atoms with E-state index in [0.29, 0.717) is 0 Å². The highest BCUT2D eigenvalue weighted by Gasteiger charge is 2.29. The highest BCUT2D eigenvalue weighted by molar-refractivity contribution is 6.40. The van der Waals surface area contributed by atoms with E-state index in [-0.39, 0.29) is 36.2 Å². The largest absolute Gasteiger partial charge is 0.492 e. The molecule has 0 saturated heterocycles. The van der Waals surface area contributed by atoms with Gasteiger partial charge in [0.25, 0.3) is 0 Å². The van der Waals surface area contributed by atoms with Gasteiger partial charge in [0, 0.05) is 0 Å². The Balaban J connectivity index is 2.32. The summed E-state index contributed by atoms with van der Waals surface area (Å²) >= 11 is 0. The smallest absolute Gasteiger partial charge is 0.491 e. The molecule has 7 nitrogen and oxygen atoms in total. The van der Waals surface area contributed by atoms with Crippen LogP contribution in [0, 0.1) is 0 Å². The van der Waals surface area contributed by atoms with Crippen molar-refractivity contribution in [3.05, 3.63) is 17.7 Å². The second kappa shape index (κ2) is 6.44. The first-order chi connectivity index (χ1) is 9.63. The molecule has 1 aliphatic rings. The molecule has 9 heteroatoms. The Morgan fingerprint density at radius 1 is 1.25 bits per heavy atom. The first-order valence-electron chi connectivity index (χ1n) is 5.78. The van der Waals surface area contributed by atoms with Crippen molar-refractivity contribution in [2.75, 3.05) is 26.6 Å². The van der Waals surface area contributed by atoms with Gasteiger partial charge in [-0.05, 0) is 12.1 Å². The lowest BCUT2D eigenvalue weighted by atomic mass is 9.95. The first-order valence-corrected chi connectivity index (χ1v) is 5.78. The number of rotatable bonds is 6. The van der Waals surface area contributed by atoms with E-state index in [9.17, 15) is 9.18 Å². The van der Waals surface area contributed by atoms with Crippen LogP contribution in [0.3, 0.4) is 0 Å². The van der Waals surface area contributed by atoms with Gasteiger partial charge in [-0.2, -0.15) is 0 Å². The quantitative estimate of drug-likeness (QED) is 0.558. The zero-order valence-corrected chi connectivity index (χ0v) is 10.4. The number of ether oxygens (including phenoxy) is 4. The fourth-order valence-electron chi connectivity index (χ4n) is 1.64. The predicted molar refractivity (Wildman–Crippen MR) is 64.5 cm³/mol. The van der Waals surface area contributed by atoms with Gasteiger partial charge in [0.1, 0.15) is 31.1 Å². The highest BCUT2D eigenvalue weighted by Crippen LogP contribution is 2.40. The lowest BCUT2D eigenvalue weighted by Crippen LogP contribution is -2.24. The molecule has 0 amide bonds. The van der Waals surface area contributed by atoms with E-state index in [4.69, 9.17) is 29.0 Å². The monoisotopic (exact) mass is 286 g/mol. The molecule has 0 unspecified atom stereocenters. The Kier molecular flexibility index (Phi) is 4.64. The topological polar surface area (TPSA) is 94.5 Å². The van der Waals surface area contributed by atoms with Crippen LogP contribution < -0.4 is 14.2 Å². The number of halogens is 1. The molecule has 1 aromatic rings. The lowest BCUT2D eigenvalue weighted by molar-refractivity contribution is 0.00301. The summed E-state index contributed by atoms with van der Waals surface area (Å²) in [6, 6.07) is 2.82. The maximum absolute atomic E-state index is 12.1. The third-order valence-corrected chi connectivity index (χ3v) is 2.40. The number of benzene rings is 1. The number of esters is 1. The van der Waals surface area contributed by atoms with Crippen LogP contribution in [-0.4, -0.2) is 49.7 Å². The van der Waals surface area contributed by atoms with Gasteiger partial charge in [-0.3, -0.25) is 0 Å². The third-order valence-electron chi connectivity index (χ3n) is 2.40. The summed E-state index contributed by atoms with van der Waals surface area (Å²) in [5, 5.41) is 17.5. The molecular weight excluding hydrogens is 274 g/mol. The molecular formula is C11H12BFO7. The molecule has 0 bridgehead atoms. The van der Waals surface area contributed by atoms with Crippen molar-refractivity contribution in [2.45, 2.75) is 0 Å². The number of carbonyl (C=O) groups excluding carboxylic acids is 1. The maximum atomic E-state index is 12.1. The third kappa shape index (κ3) is 3.12. The average molecular weight is 286 g/mol. The van der Waals surface area contributed by atoms with E-state index in [2.05, 4.69) is 0 Å². The molecule has 20 heavy (non-hydrogen) atoms. The van der Waals surface area contributed by atoms with Crippen LogP contribution in [0.4, 0.5) is 4.39 Å². The molecule has 108 valence electrons. The minimum atomic E-state index is -1.66. The van der Waals surface area contributed by atoms with Gasteiger partial charge in [-0.15, -0.1) is 0 Å². The number of fused-ring (bicyclic) bond motifs is 1. The molecule has 0 aliphatic carbocycles. The van der Waals surface area contributed by atoms with Crippen molar-refractivity contribution in [1.82, 2.24) is 0 Å². The number of hydrogen-bond acceptors (Lipinski definition) is 7. The van der Waals surface area contributed by atoms with Gasteiger partial charge in [-0.25, -0.2) is 9.18 Å². The molecule has 0 saturated carbocycles. The van der Waals surface area contributed by atoms with Crippen molar-refractivity contribution >= 4 is 13.1 Å². The van der Waals surface area contributed by atoms with Crippen molar-refractivity contribution in [3.8, 4) is 17.2 Å². The molecule has 0 radical (unpaired) electrons. The van der Waals surface area contributed by atoms with Gasteiger partial charge in [0.15, 0.2) is 11.5 Å². The Bertz CT molecular complexity index is 494. The van der Waals surface area contributed by atoms with Crippen molar-refractivity contribution in [2.24, 2.45) is 0 Å². The fourth-order valence-corrected chi connectivity index (χ4v) is 1.64. The van der Waals surface area contributed by atoms with Crippen molar-refractivity contribution < 1.29 is 38.2 Å². The Hall–Kier alpha value is -2.00. The summed E-state index contributed by atoms with van der Waals surface area (Å²) in [5.74, 6) is -0.370. The van der Waals surface area contributed by atoms with E-state index in [1.54, 1.807) is 0 Å². The van der Waals surface area contributed by atoms with Crippen LogP contribution >= 0.6 is 0 Å². The summed E-state index contributed by atoms with van der Waals surface area (Å²) in [6.07, 6.45) is 0. The minimum absolute atomic E-state index is 0.0189. The van der Waals surface area contributed by atoms with Crippen molar-refractivity contribution in [3.63, 3.8) is 0 Å². The number of hydrogen-bond donors (Lipinski definition) is 2.